The monoisotopic (exact) mass is 198 g/mol. The van der Waals surface area contributed by atoms with Crippen molar-refractivity contribution in [3.05, 3.63) is 0 Å². The molecule has 2 aliphatic carbocycles. The summed E-state index contributed by atoms with van der Waals surface area (Å²) in [6.07, 6.45) is 3.37. The van der Waals surface area contributed by atoms with Crippen LogP contribution in [0.1, 0.15) is 33.1 Å². The predicted octanol–water partition coefficient (Wildman–Crippen LogP) is 1.30. The lowest BCUT2D eigenvalue weighted by atomic mass is 9.99. The maximum absolute atomic E-state index is 9.59. The van der Waals surface area contributed by atoms with Crippen LogP contribution in [0.15, 0.2) is 0 Å². The van der Waals surface area contributed by atoms with Crippen molar-refractivity contribution < 1.29 is 14.6 Å². The van der Waals surface area contributed by atoms with Crippen LogP contribution in [-0.4, -0.2) is 29.2 Å². The van der Waals surface area contributed by atoms with Crippen molar-refractivity contribution in [3.63, 3.8) is 0 Å². The van der Waals surface area contributed by atoms with Gasteiger partial charge in [-0.3, -0.25) is 0 Å². The molecule has 0 spiro atoms. The lowest BCUT2D eigenvalue weighted by Crippen LogP contribution is -2.26. The Morgan fingerprint density at radius 1 is 1.14 bits per heavy atom. The summed E-state index contributed by atoms with van der Waals surface area (Å²) in [5.41, 5.74) is 0. The summed E-state index contributed by atoms with van der Waals surface area (Å²) in [4.78, 5) is 0. The average molecular weight is 198 g/mol. The van der Waals surface area contributed by atoms with Crippen molar-refractivity contribution in [2.75, 3.05) is 0 Å². The van der Waals surface area contributed by atoms with Crippen molar-refractivity contribution in [3.8, 4) is 0 Å². The topological polar surface area (TPSA) is 38.7 Å². The molecule has 2 saturated carbocycles. The fraction of sp³-hybridized carbons (Fsp3) is 1.00. The molecule has 3 aliphatic rings. The van der Waals surface area contributed by atoms with E-state index in [0.29, 0.717) is 11.8 Å². The molecule has 3 nitrogen and oxygen atoms in total. The summed E-state index contributed by atoms with van der Waals surface area (Å²) < 4.78 is 11.7. The van der Waals surface area contributed by atoms with E-state index in [0.717, 1.165) is 19.3 Å². The molecule has 14 heavy (non-hydrogen) atoms. The first-order valence-electron chi connectivity index (χ1n) is 5.59. The van der Waals surface area contributed by atoms with Gasteiger partial charge in [0.25, 0.3) is 0 Å². The summed E-state index contributed by atoms with van der Waals surface area (Å²) in [6, 6.07) is 0. The summed E-state index contributed by atoms with van der Waals surface area (Å²) >= 11 is 0. The molecule has 0 radical (unpaired) electrons. The summed E-state index contributed by atoms with van der Waals surface area (Å²) in [6.45, 7) is 3.96. The van der Waals surface area contributed by atoms with E-state index in [1.807, 2.05) is 13.8 Å². The van der Waals surface area contributed by atoms with E-state index in [9.17, 15) is 5.11 Å². The molecule has 3 rings (SSSR count). The smallest absolute Gasteiger partial charge is 0.163 e. The van der Waals surface area contributed by atoms with Gasteiger partial charge in [-0.15, -0.1) is 0 Å². The third-order valence-corrected chi connectivity index (χ3v) is 3.90. The quantitative estimate of drug-likeness (QED) is 0.637. The van der Waals surface area contributed by atoms with Gasteiger partial charge in [0.2, 0.25) is 0 Å². The molecule has 3 fully saturated rings. The maximum atomic E-state index is 9.59. The summed E-state index contributed by atoms with van der Waals surface area (Å²) in [5.74, 6) is 0.765. The molecule has 0 amide bonds. The highest BCUT2D eigenvalue weighted by Crippen LogP contribution is 2.51. The standard InChI is InChI=1S/C11H18O3/c1-11(2)13-9-4-6-3-7(12)5-8(6)10(9)14-11/h6-10,12H,3-5H2,1-2H3. The average Bonchev–Trinajstić information content (AvgIpc) is 2.58. The van der Waals surface area contributed by atoms with Crippen LogP contribution in [0.3, 0.4) is 0 Å². The van der Waals surface area contributed by atoms with Gasteiger partial charge in [-0.1, -0.05) is 0 Å². The van der Waals surface area contributed by atoms with E-state index in [-0.39, 0.29) is 18.3 Å². The zero-order chi connectivity index (χ0) is 9.92. The van der Waals surface area contributed by atoms with E-state index in [1.54, 1.807) is 0 Å². The normalized spacial score (nSPS) is 54.6. The Balaban J connectivity index is 1.78. The number of fused-ring (bicyclic) bond motifs is 3. The highest BCUT2D eigenvalue weighted by molar-refractivity contribution is 5.02. The predicted molar refractivity (Wildman–Crippen MR) is 50.7 cm³/mol. The molecule has 1 saturated heterocycles. The van der Waals surface area contributed by atoms with E-state index < -0.39 is 5.79 Å². The number of hydrogen-bond acceptors (Lipinski definition) is 3. The molecule has 5 atom stereocenters. The van der Waals surface area contributed by atoms with Crippen molar-refractivity contribution in [2.24, 2.45) is 11.8 Å². The third kappa shape index (κ3) is 1.23. The van der Waals surface area contributed by atoms with Crippen molar-refractivity contribution in [1.29, 1.82) is 0 Å². The molecule has 1 heterocycles. The molecule has 1 N–H and O–H groups in total. The highest BCUT2D eigenvalue weighted by Gasteiger charge is 2.55. The Kier molecular flexibility index (Phi) is 1.77. The number of ether oxygens (including phenoxy) is 2. The van der Waals surface area contributed by atoms with E-state index in [1.165, 1.54) is 0 Å². The van der Waals surface area contributed by atoms with Crippen LogP contribution in [0.5, 0.6) is 0 Å². The largest absolute Gasteiger partial charge is 0.393 e. The van der Waals surface area contributed by atoms with Gasteiger partial charge in [-0.2, -0.15) is 0 Å². The Hall–Kier alpha value is -0.120. The van der Waals surface area contributed by atoms with Gasteiger partial charge in [-0.05, 0) is 44.9 Å². The van der Waals surface area contributed by atoms with E-state index in [2.05, 4.69) is 0 Å². The number of hydrogen-bond donors (Lipinski definition) is 1. The van der Waals surface area contributed by atoms with Crippen molar-refractivity contribution in [1.82, 2.24) is 0 Å². The van der Waals surface area contributed by atoms with Gasteiger partial charge in [-0.25, -0.2) is 0 Å². The molecule has 0 aromatic carbocycles. The molecule has 5 unspecified atom stereocenters. The SMILES string of the molecule is CC1(C)OC2CC3CC(O)CC3C2O1. The van der Waals surface area contributed by atoms with E-state index >= 15 is 0 Å². The molecular formula is C11H18O3. The zero-order valence-electron chi connectivity index (χ0n) is 8.77. The van der Waals surface area contributed by atoms with Crippen LogP contribution in [0.2, 0.25) is 0 Å². The van der Waals surface area contributed by atoms with Crippen LogP contribution in [0.25, 0.3) is 0 Å². The molecule has 3 heteroatoms. The molecular weight excluding hydrogens is 180 g/mol. The van der Waals surface area contributed by atoms with Gasteiger partial charge < -0.3 is 14.6 Å². The minimum atomic E-state index is -0.409. The van der Waals surface area contributed by atoms with Crippen molar-refractivity contribution >= 4 is 0 Å². The van der Waals surface area contributed by atoms with Gasteiger partial charge in [0, 0.05) is 0 Å². The second kappa shape index (κ2) is 2.71. The summed E-state index contributed by atoms with van der Waals surface area (Å²) in [5, 5.41) is 9.59. The second-order valence-electron chi connectivity index (χ2n) is 5.42. The highest BCUT2D eigenvalue weighted by atomic mass is 16.8. The van der Waals surface area contributed by atoms with Crippen molar-refractivity contribution in [2.45, 2.75) is 57.2 Å². The van der Waals surface area contributed by atoms with Crippen LogP contribution < -0.4 is 0 Å². The molecule has 0 aromatic heterocycles. The molecule has 1 aliphatic heterocycles. The minimum Gasteiger partial charge on any atom is -0.393 e. The number of aliphatic hydroxyl groups excluding tert-OH is 1. The second-order valence-corrected chi connectivity index (χ2v) is 5.42. The van der Waals surface area contributed by atoms with Gasteiger partial charge in [0.15, 0.2) is 5.79 Å². The van der Waals surface area contributed by atoms with Gasteiger partial charge in [0.05, 0.1) is 18.3 Å². The van der Waals surface area contributed by atoms with Crippen LogP contribution in [-0.2, 0) is 9.47 Å². The number of aliphatic hydroxyl groups is 1. The zero-order valence-corrected chi connectivity index (χ0v) is 8.77. The van der Waals surface area contributed by atoms with Gasteiger partial charge >= 0.3 is 0 Å². The number of rotatable bonds is 0. The minimum absolute atomic E-state index is 0.0988. The fourth-order valence-electron chi connectivity index (χ4n) is 3.51. The summed E-state index contributed by atoms with van der Waals surface area (Å²) in [7, 11) is 0. The Bertz CT molecular complexity index is 251. The van der Waals surface area contributed by atoms with Crippen LogP contribution in [0, 0.1) is 11.8 Å². The Labute approximate surface area is 84.4 Å². The lowest BCUT2D eigenvalue weighted by molar-refractivity contribution is -0.158. The lowest BCUT2D eigenvalue weighted by Gasteiger charge is -2.21. The van der Waals surface area contributed by atoms with Crippen LogP contribution >= 0.6 is 0 Å². The molecule has 0 aromatic rings. The van der Waals surface area contributed by atoms with Gasteiger partial charge in [0.1, 0.15) is 0 Å². The first-order valence-corrected chi connectivity index (χ1v) is 5.59. The molecule has 80 valence electrons. The maximum Gasteiger partial charge on any atom is 0.163 e. The first kappa shape index (κ1) is 9.13. The van der Waals surface area contributed by atoms with E-state index in [4.69, 9.17) is 9.47 Å². The first-order chi connectivity index (χ1) is 6.55. The third-order valence-electron chi connectivity index (χ3n) is 3.90. The Morgan fingerprint density at radius 2 is 1.93 bits per heavy atom. The fourth-order valence-corrected chi connectivity index (χ4v) is 3.51. The molecule has 0 bridgehead atoms. The van der Waals surface area contributed by atoms with Crippen LogP contribution in [0.4, 0.5) is 0 Å². The Morgan fingerprint density at radius 3 is 2.71 bits per heavy atom.